The highest BCUT2D eigenvalue weighted by Gasteiger charge is 2.17. The molecule has 6 heteroatoms. The lowest BCUT2D eigenvalue weighted by Gasteiger charge is -2.19. The van der Waals surface area contributed by atoms with Gasteiger partial charge in [-0.1, -0.05) is 0 Å². The van der Waals surface area contributed by atoms with Gasteiger partial charge in [0.2, 0.25) is 5.91 Å². The van der Waals surface area contributed by atoms with E-state index in [4.69, 9.17) is 4.74 Å². The third-order valence-electron chi connectivity index (χ3n) is 2.94. The molecule has 0 aromatic carbocycles. The molecule has 1 aliphatic heterocycles. The third-order valence-corrected chi connectivity index (χ3v) is 2.94. The Morgan fingerprint density at radius 1 is 1.10 bits per heavy atom. The minimum Gasteiger partial charge on any atom is -0.444 e. The van der Waals surface area contributed by atoms with Gasteiger partial charge in [0.1, 0.15) is 5.60 Å². The fourth-order valence-electron chi connectivity index (χ4n) is 2.01. The van der Waals surface area contributed by atoms with Gasteiger partial charge in [0.15, 0.2) is 0 Å². The van der Waals surface area contributed by atoms with Crippen LogP contribution in [0.3, 0.4) is 0 Å². The molecule has 0 aliphatic carbocycles. The van der Waals surface area contributed by atoms with Crippen LogP contribution in [0.5, 0.6) is 0 Å². The highest BCUT2D eigenvalue weighted by molar-refractivity contribution is 5.76. The van der Waals surface area contributed by atoms with E-state index in [0.29, 0.717) is 26.1 Å². The Bertz CT molecular complexity index is 320. The summed E-state index contributed by atoms with van der Waals surface area (Å²) in [7, 11) is 0. The van der Waals surface area contributed by atoms with Crippen molar-refractivity contribution in [3.63, 3.8) is 0 Å². The van der Waals surface area contributed by atoms with E-state index >= 15 is 0 Å². The number of likely N-dealkylation sites (tertiary alicyclic amines) is 1. The second-order valence-corrected chi connectivity index (χ2v) is 6.02. The Kier molecular flexibility index (Phi) is 6.78. The van der Waals surface area contributed by atoms with Gasteiger partial charge in [-0.15, -0.1) is 0 Å². The molecule has 1 fully saturated rings. The van der Waals surface area contributed by atoms with Gasteiger partial charge in [-0.3, -0.25) is 4.79 Å². The number of nitrogens with zero attached hydrogens (tertiary/aromatic N) is 1. The fourth-order valence-corrected chi connectivity index (χ4v) is 2.01. The Morgan fingerprint density at radius 3 is 2.35 bits per heavy atom. The van der Waals surface area contributed by atoms with E-state index in [1.807, 2.05) is 25.7 Å². The van der Waals surface area contributed by atoms with Crippen molar-refractivity contribution in [2.75, 3.05) is 32.7 Å². The summed E-state index contributed by atoms with van der Waals surface area (Å²) in [5, 5.41) is 5.80. The van der Waals surface area contributed by atoms with E-state index in [9.17, 15) is 9.59 Å². The predicted octanol–water partition coefficient (Wildman–Crippen LogP) is 1.11. The molecular formula is C14H27N3O3. The molecule has 2 amide bonds. The molecule has 20 heavy (non-hydrogen) atoms. The maximum atomic E-state index is 11.7. The van der Waals surface area contributed by atoms with Crippen LogP contribution in [-0.2, 0) is 9.53 Å². The highest BCUT2D eigenvalue weighted by Crippen LogP contribution is 2.08. The average molecular weight is 285 g/mol. The minimum atomic E-state index is -0.473. The van der Waals surface area contributed by atoms with Crippen molar-refractivity contribution >= 4 is 12.0 Å². The van der Waals surface area contributed by atoms with Gasteiger partial charge >= 0.3 is 6.09 Å². The number of alkyl carbamates (subject to hydrolysis) is 1. The first-order valence-corrected chi connectivity index (χ1v) is 7.34. The zero-order valence-electron chi connectivity index (χ0n) is 12.8. The van der Waals surface area contributed by atoms with Crippen molar-refractivity contribution in [1.29, 1.82) is 0 Å². The van der Waals surface area contributed by atoms with Crippen LogP contribution in [0.4, 0.5) is 4.79 Å². The molecule has 0 radical (unpaired) electrons. The van der Waals surface area contributed by atoms with Gasteiger partial charge in [-0.2, -0.15) is 0 Å². The standard InChI is InChI=1S/C14H27N3O3/c1-14(2,3)20-13(19)16-9-8-15-7-6-12(18)17-10-4-5-11-17/h15H,4-11H2,1-3H3,(H,16,19). The summed E-state index contributed by atoms with van der Waals surface area (Å²) in [5.41, 5.74) is -0.473. The number of amides is 2. The molecule has 1 aliphatic rings. The summed E-state index contributed by atoms with van der Waals surface area (Å²) in [4.78, 5) is 25.0. The van der Waals surface area contributed by atoms with E-state index < -0.39 is 11.7 Å². The van der Waals surface area contributed by atoms with Crippen LogP contribution in [0.1, 0.15) is 40.0 Å². The number of hydrogen-bond donors (Lipinski definition) is 2. The van der Waals surface area contributed by atoms with Gasteiger partial charge < -0.3 is 20.3 Å². The zero-order chi connectivity index (χ0) is 15.0. The number of nitrogens with one attached hydrogen (secondary N) is 2. The Morgan fingerprint density at radius 2 is 1.75 bits per heavy atom. The molecule has 0 unspecified atom stereocenters. The number of carbonyl (C=O) groups is 2. The van der Waals surface area contributed by atoms with Crippen molar-refractivity contribution in [3.8, 4) is 0 Å². The molecule has 116 valence electrons. The molecule has 0 spiro atoms. The minimum absolute atomic E-state index is 0.218. The normalized spacial score (nSPS) is 15.2. The summed E-state index contributed by atoms with van der Waals surface area (Å²) < 4.78 is 5.11. The van der Waals surface area contributed by atoms with Gasteiger partial charge in [-0.25, -0.2) is 4.79 Å². The van der Waals surface area contributed by atoms with E-state index in [0.717, 1.165) is 25.9 Å². The van der Waals surface area contributed by atoms with E-state index in [1.54, 1.807) is 0 Å². The van der Waals surface area contributed by atoms with Crippen molar-refractivity contribution in [2.45, 2.75) is 45.6 Å². The predicted molar refractivity (Wildman–Crippen MR) is 77.5 cm³/mol. The smallest absolute Gasteiger partial charge is 0.407 e. The lowest BCUT2D eigenvalue weighted by Crippen LogP contribution is -2.37. The Hall–Kier alpha value is -1.30. The van der Waals surface area contributed by atoms with Gasteiger partial charge in [0.25, 0.3) is 0 Å². The quantitative estimate of drug-likeness (QED) is 0.717. The van der Waals surface area contributed by atoms with Crippen LogP contribution < -0.4 is 10.6 Å². The molecule has 0 saturated carbocycles. The molecule has 0 aromatic heterocycles. The summed E-state index contributed by atoms with van der Waals surface area (Å²) in [6.45, 7) is 9.06. The largest absolute Gasteiger partial charge is 0.444 e. The maximum absolute atomic E-state index is 11.7. The second-order valence-electron chi connectivity index (χ2n) is 6.02. The molecule has 1 saturated heterocycles. The van der Waals surface area contributed by atoms with Crippen LogP contribution in [-0.4, -0.2) is 55.2 Å². The topological polar surface area (TPSA) is 70.7 Å². The summed E-state index contributed by atoms with van der Waals surface area (Å²) in [6, 6.07) is 0. The second kappa shape index (κ2) is 8.09. The Labute approximate surface area is 121 Å². The first kappa shape index (κ1) is 16.8. The zero-order valence-corrected chi connectivity index (χ0v) is 12.8. The first-order chi connectivity index (χ1) is 9.38. The van der Waals surface area contributed by atoms with Crippen LogP contribution in [0.2, 0.25) is 0 Å². The molecule has 1 heterocycles. The molecule has 1 rings (SSSR count). The fraction of sp³-hybridized carbons (Fsp3) is 0.857. The highest BCUT2D eigenvalue weighted by atomic mass is 16.6. The van der Waals surface area contributed by atoms with Crippen molar-refractivity contribution in [2.24, 2.45) is 0 Å². The van der Waals surface area contributed by atoms with Crippen LogP contribution in [0.15, 0.2) is 0 Å². The number of carbonyl (C=O) groups excluding carboxylic acids is 2. The van der Waals surface area contributed by atoms with Gasteiger partial charge in [-0.05, 0) is 33.6 Å². The molecular weight excluding hydrogens is 258 g/mol. The van der Waals surface area contributed by atoms with Gasteiger partial charge in [0, 0.05) is 39.1 Å². The molecule has 0 atom stereocenters. The first-order valence-electron chi connectivity index (χ1n) is 7.34. The lowest BCUT2D eigenvalue weighted by molar-refractivity contribution is -0.130. The summed E-state index contributed by atoms with van der Waals surface area (Å²) in [6.07, 6.45) is 2.36. The average Bonchev–Trinajstić information content (AvgIpc) is 2.84. The summed E-state index contributed by atoms with van der Waals surface area (Å²) in [5.74, 6) is 0.218. The van der Waals surface area contributed by atoms with Crippen molar-refractivity contribution < 1.29 is 14.3 Å². The monoisotopic (exact) mass is 285 g/mol. The van der Waals surface area contributed by atoms with Crippen molar-refractivity contribution in [1.82, 2.24) is 15.5 Å². The molecule has 0 bridgehead atoms. The molecule has 2 N–H and O–H groups in total. The maximum Gasteiger partial charge on any atom is 0.407 e. The van der Waals surface area contributed by atoms with Crippen LogP contribution in [0, 0.1) is 0 Å². The van der Waals surface area contributed by atoms with Crippen molar-refractivity contribution in [3.05, 3.63) is 0 Å². The van der Waals surface area contributed by atoms with Crippen LogP contribution >= 0.6 is 0 Å². The van der Waals surface area contributed by atoms with E-state index in [-0.39, 0.29) is 5.91 Å². The number of rotatable bonds is 6. The molecule has 6 nitrogen and oxygen atoms in total. The van der Waals surface area contributed by atoms with Crippen LogP contribution in [0.25, 0.3) is 0 Å². The Balaban J connectivity index is 1.97. The number of ether oxygens (including phenoxy) is 1. The SMILES string of the molecule is CC(C)(C)OC(=O)NCCNCCC(=O)N1CCCC1. The lowest BCUT2D eigenvalue weighted by atomic mass is 10.2. The number of hydrogen-bond acceptors (Lipinski definition) is 4. The van der Waals surface area contributed by atoms with Gasteiger partial charge in [0.05, 0.1) is 0 Å². The summed E-state index contributed by atoms with van der Waals surface area (Å²) >= 11 is 0. The van der Waals surface area contributed by atoms with E-state index in [1.165, 1.54) is 0 Å². The third kappa shape index (κ3) is 7.33. The molecule has 0 aromatic rings. The van der Waals surface area contributed by atoms with E-state index in [2.05, 4.69) is 10.6 Å².